The van der Waals surface area contributed by atoms with E-state index in [2.05, 4.69) is 9.98 Å². The number of aliphatic hydroxyl groups excluding tert-OH is 1. The number of aromatic amines is 1. The monoisotopic (exact) mass is 372 g/mol. The minimum absolute atomic E-state index is 0.155. The standard InChI is InChI=1S/C22H17N3O3/c1-11-7-9-12(10-8-11)15-16-18(13-5-3-4-6-14(13)19(16)26)23-20-17(15)21(27)24-22(28)25(20)2/h3-10,15,26H,1-2H3,(H,24,27,28)/p+1. The van der Waals surface area contributed by atoms with Gasteiger partial charge in [-0.1, -0.05) is 48.0 Å². The van der Waals surface area contributed by atoms with Gasteiger partial charge in [0.2, 0.25) is 0 Å². The normalized spacial score (nSPS) is 17.1. The van der Waals surface area contributed by atoms with Gasteiger partial charge in [-0.2, -0.15) is 4.57 Å². The summed E-state index contributed by atoms with van der Waals surface area (Å²) in [4.78, 5) is 30.7. The zero-order valence-electron chi connectivity index (χ0n) is 15.4. The fourth-order valence-corrected chi connectivity index (χ4v) is 4.14. The lowest BCUT2D eigenvalue weighted by Gasteiger charge is -2.23. The molecule has 28 heavy (non-hydrogen) atoms. The quantitative estimate of drug-likeness (QED) is 0.596. The number of allylic oxidation sites excluding steroid dienone is 1. The Morgan fingerprint density at radius 2 is 1.71 bits per heavy atom. The van der Waals surface area contributed by atoms with E-state index < -0.39 is 17.2 Å². The third kappa shape index (κ3) is 2.11. The maximum Gasteiger partial charge on any atom is 0.415 e. The molecular weight excluding hydrogens is 354 g/mol. The lowest BCUT2D eigenvalue weighted by atomic mass is 9.81. The highest BCUT2D eigenvalue weighted by Gasteiger charge is 2.43. The van der Waals surface area contributed by atoms with Gasteiger partial charge in [-0.25, -0.2) is 9.79 Å². The van der Waals surface area contributed by atoms with Crippen LogP contribution in [-0.4, -0.2) is 20.4 Å². The molecule has 1 aliphatic heterocycles. The van der Waals surface area contributed by atoms with Gasteiger partial charge in [-0.05, 0) is 18.6 Å². The van der Waals surface area contributed by atoms with Gasteiger partial charge in [-0.15, -0.1) is 0 Å². The first-order valence-electron chi connectivity index (χ1n) is 9.04. The number of rotatable bonds is 1. The average molecular weight is 372 g/mol. The van der Waals surface area contributed by atoms with Crippen molar-refractivity contribution in [2.75, 3.05) is 0 Å². The van der Waals surface area contributed by atoms with E-state index in [9.17, 15) is 14.7 Å². The smallest absolute Gasteiger partial charge is 0.415 e. The molecule has 1 aromatic heterocycles. The minimum Gasteiger partial charge on any atom is -0.507 e. The molecule has 0 spiro atoms. The Bertz CT molecular complexity index is 1320. The number of benzene rings is 2. The van der Waals surface area contributed by atoms with Crippen molar-refractivity contribution in [2.45, 2.75) is 12.8 Å². The molecule has 2 aliphatic rings. The molecule has 6 heteroatoms. The van der Waals surface area contributed by atoms with Gasteiger partial charge in [0.05, 0.1) is 18.5 Å². The first-order valence-corrected chi connectivity index (χ1v) is 9.04. The van der Waals surface area contributed by atoms with Crippen LogP contribution < -0.4 is 16.2 Å². The van der Waals surface area contributed by atoms with Crippen LogP contribution in [0.2, 0.25) is 0 Å². The van der Waals surface area contributed by atoms with E-state index in [4.69, 9.17) is 0 Å². The van der Waals surface area contributed by atoms with E-state index in [0.717, 1.165) is 22.4 Å². The SMILES string of the molecule is Cc1ccc(C2C3=C(O)c4ccccc4C3=[NH+]c3c2c(=O)[nH]c(=O)n3C)cc1. The van der Waals surface area contributed by atoms with Crippen LogP contribution in [-0.2, 0) is 7.05 Å². The topological polar surface area (TPSA) is 89.1 Å². The van der Waals surface area contributed by atoms with Gasteiger partial charge < -0.3 is 5.11 Å². The van der Waals surface area contributed by atoms with Gasteiger partial charge in [0.15, 0.2) is 0 Å². The fourth-order valence-electron chi connectivity index (χ4n) is 4.14. The van der Waals surface area contributed by atoms with Crippen LogP contribution in [0.3, 0.4) is 0 Å². The molecule has 1 aliphatic carbocycles. The van der Waals surface area contributed by atoms with Crippen molar-refractivity contribution in [3.8, 4) is 0 Å². The lowest BCUT2D eigenvalue weighted by Crippen LogP contribution is -2.72. The predicted octanol–water partition coefficient (Wildman–Crippen LogP) is 1.01. The summed E-state index contributed by atoms with van der Waals surface area (Å²) in [5, 5.41) is 11.0. The maximum atomic E-state index is 12.8. The summed E-state index contributed by atoms with van der Waals surface area (Å²) >= 11 is 0. The number of hydrogen-bond donors (Lipinski definition) is 3. The summed E-state index contributed by atoms with van der Waals surface area (Å²) in [6.07, 6.45) is 0. The molecule has 1 unspecified atom stereocenters. The van der Waals surface area contributed by atoms with Gasteiger partial charge in [0.1, 0.15) is 17.0 Å². The molecule has 0 fully saturated rings. The summed E-state index contributed by atoms with van der Waals surface area (Å²) in [6, 6.07) is 15.4. The second-order valence-electron chi connectivity index (χ2n) is 7.23. The molecule has 2 aromatic carbocycles. The highest BCUT2D eigenvalue weighted by molar-refractivity contribution is 6.21. The first-order chi connectivity index (χ1) is 13.5. The molecule has 0 bridgehead atoms. The Balaban J connectivity index is 1.92. The molecule has 6 nitrogen and oxygen atoms in total. The number of aryl methyl sites for hydroxylation is 1. The number of H-pyrrole nitrogens is 1. The second-order valence-corrected chi connectivity index (χ2v) is 7.23. The Morgan fingerprint density at radius 3 is 2.43 bits per heavy atom. The van der Waals surface area contributed by atoms with Crippen LogP contribution in [0.4, 0.5) is 5.82 Å². The molecule has 138 valence electrons. The highest BCUT2D eigenvalue weighted by Crippen LogP contribution is 2.43. The third-order valence-electron chi connectivity index (χ3n) is 5.57. The Kier molecular flexibility index (Phi) is 3.34. The Labute approximate surface area is 160 Å². The molecule has 0 saturated heterocycles. The second kappa shape index (κ2) is 5.66. The number of hydrogen-bond acceptors (Lipinski definition) is 3. The van der Waals surface area contributed by atoms with Crippen molar-refractivity contribution >= 4 is 17.3 Å². The molecule has 3 N–H and O–H groups in total. The number of aromatic nitrogens is 2. The van der Waals surface area contributed by atoms with Crippen molar-refractivity contribution in [2.24, 2.45) is 7.05 Å². The molecule has 3 aromatic rings. The fraction of sp³-hybridized carbons (Fsp3) is 0.136. The molecule has 0 amide bonds. The van der Waals surface area contributed by atoms with Gasteiger partial charge in [0.25, 0.3) is 11.4 Å². The summed E-state index contributed by atoms with van der Waals surface area (Å²) < 4.78 is 1.40. The van der Waals surface area contributed by atoms with Crippen LogP contribution in [0.25, 0.3) is 5.76 Å². The first kappa shape index (κ1) is 16.5. The van der Waals surface area contributed by atoms with Crippen molar-refractivity contribution in [1.29, 1.82) is 0 Å². The Hall–Kier alpha value is -3.67. The lowest BCUT2D eigenvalue weighted by molar-refractivity contribution is -0.363. The molecular formula is C22H18N3O3+. The van der Waals surface area contributed by atoms with E-state index in [0.29, 0.717) is 22.5 Å². The van der Waals surface area contributed by atoms with Crippen LogP contribution >= 0.6 is 0 Å². The van der Waals surface area contributed by atoms with E-state index >= 15 is 0 Å². The van der Waals surface area contributed by atoms with E-state index in [1.807, 2.05) is 55.5 Å². The molecule has 5 rings (SSSR count). The third-order valence-corrected chi connectivity index (χ3v) is 5.57. The highest BCUT2D eigenvalue weighted by atomic mass is 16.3. The molecule has 2 heterocycles. The largest absolute Gasteiger partial charge is 0.507 e. The predicted molar refractivity (Wildman–Crippen MR) is 106 cm³/mol. The van der Waals surface area contributed by atoms with Crippen LogP contribution in [0.5, 0.6) is 0 Å². The van der Waals surface area contributed by atoms with E-state index in [1.54, 1.807) is 7.05 Å². The van der Waals surface area contributed by atoms with Gasteiger partial charge in [-0.3, -0.25) is 9.78 Å². The van der Waals surface area contributed by atoms with Gasteiger partial charge in [0, 0.05) is 11.1 Å². The Morgan fingerprint density at radius 1 is 1.04 bits per heavy atom. The van der Waals surface area contributed by atoms with Crippen LogP contribution in [0.1, 0.15) is 33.7 Å². The number of aliphatic hydroxyl groups is 1. The summed E-state index contributed by atoms with van der Waals surface area (Å²) in [5.74, 6) is 0.111. The summed E-state index contributed by atoms with van der Waals surface area (Å²) in [6.45, 7) is 2.00. The minimum atomic E-state index is -0.491. The summed E-state index contributed by atoms with van der Waals surface area (Å²) in [5.41, 5.74) is 4.41. The van der Waals surface area contributed by atoms with E-state index in [1.165, 1.54) is 4.57 Å². The average Bonchev–Trinajstić information content (AvgIpc) is 2.98. The van der Waals surface area contributed by atoms with E-state index in [-0.39, 0.29) is 5.76 Å². The maximum absolute atomic E-state index is 12.8. The van der Waals surface area contributed by atoms with Crippen LogP contribution in [0.15, 0.2) is 63.7 Å². The van der Waals surface area contributed by atoms with Crippen molar-refractivity contribution in [3.63, 3.8) is 0 Å². The number of fused-ring (bicyclic) bond motifs is 4. The molecule has 1 atom stereocenters. The van der Waals surface area contributed by atoms with Crippen molar-refractivity contribution in [3.05, 3.63) is 103 Å². The van der Waals surface area contributed by atoms with Crippen LogP contribution in [0, 0.1) is 6.92 Å². The summed E-state index contributed by atoms with van der Waals surface area (Å²) in [7, 11) is 1.62. The molecule has 0 radical (unpaired) electrons. The number of nitrogens with zero attached hydrogens (tertiary/aromatic N) is 1. The molecule has 0 saturated carbocycles. The zero-order chi connectivity index (χ0) is 19.6. The van der Waals surface area contributed by atoms with Crippen molar-refractivity contribution in [1.82, 2.24) is 9.55 Å². The van der Waals surface area contributed by atoms with Gasteiger partial charge >= 0.3 is 5.69 Å². The zero-order valence-corrected chi connectivity index (χ0v) is 15.4. The number of nitrogens with one attached hydrogen (secondary N) is 2. The van der Waals surface area contributed by atoms with Crippen molar-refractivity contribution < 1.29 is 10.1 Å².